The van der Waals surface area contributed by atoms with Crippen LogP contribution in [0.5, 0.6) is 17.2 Å². The molecule has 31 heavy (non-hydrogen) atoms. The van der Waals surface area contributed by atoms with Crippen LogP contribution in [-0.4, -0.2) is 39.3 Å². The lowest BCUT2D eigenvalue weighted by Gasteiger charge is -2.10. The van der Waals surface area contributed by atoms with Gasteiger partial charge in [0, 0.05) is 11.8 Å². The molecule has 1 N–H and O–H groups in total. The molecular weight excluding hydrogens is 459 g/mol. The second-order valence-electron chi connectivity index (χ2n) is 5.75. The van der Waals surface area contributed by atoms with Gasteiger partial charge in [-0.05, 0) is 42.0 Å². The first kappa shape index (κ1) is 24.2. The van der Waals surface area contributed by atoms with E-state index in [4.69, 9.17) is 37.4 Å². The van der Waals surface area contributed by atoms with Gasteiger partial charge in [0.05, 0.1) is 24.3 Å². The number of esters is 1. The number of carbonyl (C=O) groups excluding carboxylic acids is 2. The van der Waals surface area contributed by atoms with Crippen LogP contribution in [0.25, 0.3) is 6.08 Å². The fraction of sp³-hybridized carbons (Fsp3) is 0.200. The van der Waals surface area contributed by atoms with E-state index in [0.717, 1.165) is 6.08 Å². The number of methoxy groups -OCH3 is 2. The molecule has 2 aromatic rings. The molecule has 2 aromatic carbocycles. The Hall–Kier alpha value is -3.04. The molecule has 0 saturated carbocycles. The Bertz CT molecular complexity index is 984. The molecule has 0 spiro atoms. The van der Waals surface area contributed by atoms with Crippen molar-refractivity contribution in [3.63, 3.8) is 0 Å². The lowest BCUT2D eigenvalue weighted by atomic mass is 10.2. The molecule has 0 heterocycles. The molecule has 0 bridgehead atoms. The summed E-state index contributed by atoms with van der Waals surface area (Å²) in [6.45, 7) is -3.61. The summed E-state index contributed by atoms with van der Waals surface area (Å²) in [6, 6.07) is 6.87. The van der Waals surface area contributed by atoms with Crippen molar-refractivity contribution in [1.82, 2.24) is 0 Å². The average molecular weight is 476 g/mol. The molecule has 0 atom stereocenters. The molecule has 0 saturated heterocycles. The number of carbonyl (C=O) groups is 2. The predicted molar refractivity (Wildman–Crippen MR) is 111 cm³/mol. The minimum Gasteiger partial charge on any atom is -0.493 e. The minimum absolute atomic E-state index is 0.119. The van der Waals surface area contributed by atoms with Gasteiger partial charge in [0.1, 0.15) is 5.75 Å². The van der Waals surface area contributed by atoms with Crippen LogP contribution in [0, 0.1) is 0 Å². The van der Waals surface area contributed by atoms with Crippen molar-refractivity contribution < 1.29 is 37.3 Å². The fourth-order valence-corrected chi connectivity index (χ4v) is 2.87. The van der Waals surface area contributed by atoms with Crippen molar-refractivity contribution in [2.24, 2.45) is 0 Å². The third kappa shape index (κ3) is 7.30. The van der Waals surface area contributed by atoms with Crippen LogP contribution in [0.1, 0.15) is 5.56 Å². The molecule has 166 valence electrons. The Labute approximate surface area is 186 Å². The van der Waals surface area contributed by atoms with Crippen LogP contribution in [0.2, 0.25) is 10.0 Å². The normalized spacial score (nSPS) is 10.8. The molecule has 0 aliphatic carbocycles. The second kappa shape index (κ2) is 11.4. The molecule has 2 rings (SSSR count). The molecule has 0 aliphatic rings. The average Bonchev–Trinajstić information content (AvgIpc) is 2.72. The van der Waals surface area contributed by atoms with Crippen molar-refractivity contribution in [1.29, 1.82) is 0 Å². The number of ether oxygens (including phenoxy) is 4. The summed E-state index contributed by atoms with van der Waals surface area (Å²) in [5.41, 5.74) is 0.757. The van der Waals surface area contributed by atoms with E-state index in [9.17, 15) is 18.4 Å². The Kier molecular flexibility index (Phi) is 8.89. The number of nitrogens with one attached hydrogen (secondary N) is 1. The molecule has 11 heteroatoms. The van der Waals surface area contributed by atoms with Crippen molar-refractivity contribution in [3.05, 3.63) is 52.0 Å². The highest BCUT2D eigenvalue weighted by atomic mass is 35.5. The zero-order valence-corrected chi connectivity index (χ0v) is 17.8. The van der Waals surface area contributed by atoms with Crippen molar-refractivity contribution in [2.75, 3.05) is 26.1 Å². The van der Waals surface area contributed by atoms with Gasteiger partial charge in [-0.15, -0.1) is 0 Å². The summed E-state index contributed by atoms with van der Waals surface area (Å²) in [6.07, 6.45) is 2.54. The van der Waals surface area contributed by atoms with E-state index in [1.54, 1.807) is 12.1 Å². The number of benzene rings is 2. The van der Waals surface area contributed by atoms with E-state index in [1.165, 1.54) is 38.5 Å². The van der Waals surface area contributed by atoms with Crippen LogP contribution in [0.4, 0.5) is 14.5 Å². The van der Waals surface area contributed by atoms with Crippen LogP contribution in [0.15, 0.2) is 36.4 Å². The van der Waals surface area contributed by atoms with E-state index in [0.29, 0.717) is 17.1 Å². The summed E-state index contributed by atoms with van der Waals surface area (Å²) in [5, 5.41) is 2.58. The number of hydrogen-bond acceptors (Lipinski definition) is 6. The van der Waals surface area contributed by atoms with Gasteiger partial charge in [0.25, 0.3) is 5.91 Å². The van der Waals surface area contributed by atoms with Gasteiger partial charge in [0.2, 0.25) is 0 Å². The number of hydrogen-bond donors (Lipinski definition) is 1. The maximum absolute atomic E-state index is 12.2. The van der Waals surface area contributed by atoms with Gasteiger partial charge in [-0.25, -0.2) is 4.79 Å². The Morgan fingerprint density at radius 2 is 1.81 bits per heavy atom. The van der Waals surface area contributed by atoms with E-state index in [1.807, 2.05) is 0 Å². The van der Waals surface area contributed by atoms with Crippen LogP contribution in [0.3, 0.4) is 0 Å². The smallest absolute Gasteiger partial charge is 0.387 e. The quantitative estimate of drug-likeness (QED) is 0.414. The molecule has 7 nitrogen and oxygen atoms in total. The van der Waals surface area contributed by atoms with Crippen molar-refractivity contribution in [2.45, 2.75) is 6.61 Å². The summed E-state index contributed by atoms with van der Waals surface area (Å²) >= 11 is 11.9. The summed E-state index contributed by atoms with van der Waals surface area (Å²) in [7, 11) is 2.89. The largest absolute Gasteiger partial charge is 0.493 e. The molecular formula is C20H17Cl2F2NO6. The van der Waals surface area contributed by atoms with Crippen molar-refractivity contribution in [3.8, 4) is 17.2 Å². The number of anilines is 1. The van der Waals surface area contributed by atoms with E-state index in [-0.39, 0.29) is 21.5 Å². The number of alkyl halides is 2. The number of rotatable bonds is 9. The van der Waals surface area contributed by atoms with Gasteiger partial charge in [-0.1, -0.05) is 23.2 Å². The van der Waals surface area contributed by atoms with Crippen LogP contribution in [-0.2, 0) is 14.3 Å². The molecule has 0 aliphatic heterocycles. The third-order valence-corrected chi connectivity index (χ3v) is 4.22. The molecule has 0 unspecified atom stereocenters. The Morgan fingerprint density at radius 1 is 1.06 bits per heavy atom. The second-order valence-corrected chi connectivity index (χ2v) is 6.57. The molecule has 1 amide bonds. The highest BCUT2D eigenvalue weighted by Gasteiger charge is 2.12. The van der Waals surface area contributed by atoms with Crippen molar-refractivity contribution >= 4 is 46.8 Å². The summed E-state index contributed by atoms with van der Waals surface area (Å²) in [5.74, 6) is -0.934. The van der Waals surface area contributed by atoms with Gasteiger partial charge in [0.15, 0.2) is 18.1 Å². The zero-order chi connectivity index (χ0) is 23.0. The highest BCUT2D eigenvalue weighted by molar-refractivity contribution is 6.32. The first-order chi connectivity index (χ1) is 14.7. The van der Waals surface area contributed by atoms with Crippen LogP contribution < -0.4 is 19.5 Å². The Balaban J connectivity index is 1.90. The fourth-order valence-electron chi connectivity index (χ4n) is 2.35. The number of halogens is 4. The third-order valence-electron chi connectivity index (χ3n) is 3.64. The van der Waals surface area contributed by atoms with Gasteiger partial charge >= 0.3 is 12.6 Å². The summed E-state index contributed by atoms with van der Waals surface area (Å²) in [4.78, 5) is 23.8. The molecule has 0 aromatic heterocycles. The molecule has 0 fully saturated rings. The molecule has 0 radical (unpaired) electrons. The highest BCUT2D eigenvalue weighted by Crippen LogP contribution is 2.36. The maximum Gasteiger partial charge on any atom is 0.387 e. The lowest BCUT2D eigenvalue weighted by molar-refractivity contribution is -0.142. The van der Waals surface area contributed by atoms with Gasteiger partial charge in [-0.3, -0.25) is 4.79 Å². The van der Waals surface area contributed by atoms with E-state index < -0.39 is 25.1 Å². The Morgan fingerprint density at radius 3 is 2.42 bits per heavy atom. The standard InChI is InChI=1S/C20H17Cl2F2NO6/c1-28-16-8-11(7-14(22)19(16)29-2)3-6-18(27)30-10-17(26)25-12-4-5-15(13(21)9-12)31-20(23)24/h3-9,20H,10H2,1-2H3,(H,25,26)/b6-3+. The first-order valence-corrected chi connectivity index (χ1v) is 9.29. The topological polar surface area (TPSA) is 83.1 Å². The monoisotopic (exact) mass is 475 g/mol. The summed E-state index contributed by atoms with van der Waals surface area (Å²) < 4.78 is 43.8. The maximum atomic E-state index is 12.2. The SMILES string of the molecule is COc1cc(/C=C/C(=O)OCC(=O)Nc2ccc(OC(F)F)c(Cl)c2)cc(Cl)c1OC. The van der Waals surface area contributed by atoms with Gasteiger partial charge in [-0.2, -0.15) is 8.78 Å². The zero-order valence-electron chi connectivity index (χ0n) is 16.3. The lowest BCUT2D eigenvalue weighted by Crippen LogP contribution is -2.20. The van der Waals surface area contributed by atoms with E-state index >= 15 is 0 Å². The number of amides is 1. The predicted octanol–water partition coefficient (Wildman–Crippen LogP) is 4.81. The van der Waals surface area contributed by atoms with Gasteiger partial charge < -0.3 is 24.3 Å². The van der Waals surface area contributed by atoms with Crippen LogP contribution >= 0.6 is 23.2 Å². The minimum atomic E-state index is -3.03. The first-order valence-electron chi connectivity index (χ1n) is 8.54. The van der Waals surface area contributed by atoms with E-state index in [2.05, 4.69) is 10.1 Å².